The van der Waals surface area contributed by atoms with Gasteiger partial charge in [0.15, 0.2) is 0 Å². The Morgan fingerprint density at radius 2 is 1.78 bits per heavy atom. The number of halogens is 3. The summed E-state index contributed by atoms with van der Waals surface area (Å²) in [5.74, 6) is -4.14. The Morgan fingerprint density at radius 3 is 2.49 bits per heavy atom. The molecular formula is C27H22F3N3O4. The highest BCUT2D eigenvalue weighted by atomic mass is 19.1. The molecule has 2 aromatic rings. The van der Waals surface area contributed by atoms with Crippen LogP contribution in [-0.2, 0) is 16.1 Å². The SMILES string of the molecule is O=C1CCC(N2Cc3cc(C(=O)NC4CC5(C=C(c6ccc(F)cc6F)C5)C4)c(F)cc3C2=O)C(=O)N1. The van der Waals surface area contributed by atoms with E-state index in [1.54, 1.807) is 0 Å². The fraction of sp³-hybridized carbons (Fsp3) is 0.333. The number of benzene rings is 2. The molecule has 7 nitrogen and oxygen atoms in total. The highest BCUT2D eigenvalue weighted by Crippen LogP contribution is 2.57. The van der Waals surface area contributed by atoms with Crippen LogP contribution in [0.3, 0.4) is 0 Å². The molecular weight excluding hydrogens is 487 g/mol. The Kier molecular flexibility index (Phi) is 5.25. The number of amides is 4. The minimum absolute atomic E-state index is 0.0427. The quantitative estimate of drug-likeness (QED) is 0.619. The van der Waals surface area contributed by atoms with Gasteiger partial charge in [0.25, 0.3) is 11.8 Å². The first-order chi connectivity index (χ1) is 17.6. The second-order valence-electron chi connectivity index (χ2n) is 10.3. The summed E-state index contributed by atoms with van der Waals surface area (Å²) in [4.78, 5) is 50.6. The second kappa shape index (κ2) is 8.29. The van der Waals surface area contributed by atoms with Crippen LogP contribution in [0.1, 0.15) is 63.9 Å². The molecule has 37 heavy (non-hydrogen) atoms. The van der Waals surface area contributed by atoms with Crippen molar-refractivity contribution < 1.29 is 32.3 Å². The molecule has 6 rings (SSSR count). The van der Waals surface area contributed by atoms with E-state index >= 15 is 0 Å². The number of fused-ring (bicyclic) bond motifs is 1. The fourth-order valence-corrected chi connectivity index (χ4v) is 5.96. The molecule has 4 aliphatic rings. The number of allylic oxidation sites excluding steroid dienone is 2. The molecule has 1 saturated heterocycles. The van der Waals surface area contributed by atoms with Crippen molar-refractivity contribution in [1.82, 2.24) is 15.5 Å². The Hall–Kier alpha value is -3.95. The summed E-state index contributed by atoms with van der Waals surface area (Å²) in [6, 6.07) is 4.86. The monoisotopic (exact) mass is 509 g/mol. The van der Waals surface area contributed by atoms with Crippen molar-refractivity contribution in [2.24, 2.45) is 5.41 Å². The molecule has 0 bridgehead atoms. The lowest BCUT2D eigenvalue weighted by atomic mass is 9.55. The zero-order valence-electron chi connectivity index (χ0n) is 19.6. The maximum atomic E-state index is 14.8. The summed E-state index contributed by atoms with van der Waals surface area (Å²) >= 11 is 0. The molecule has 190 valence electrons. The van der Waals surface area contributed by atoms with Crippen LogP contribution >= 0.6 is 0 Å². The minimum Gasteiger partial charge on any atom is -0.349 e. The predicted octanol–water partition coefficient (Wildman–Crippen LogP) is 3.23. The van der Waals surface area contributed by atoms with E-state index in [0.29, 0.717) is 30.4 Å². The molecule has 1 spiro atoms. The summed E-state index contributed by atoms with van der Waals surface area (Å²) in [5.41, 5.74) is 1.38. The average molecular weight is 509 g/mol. The van der Waals surface area contributed by atoms with Gasteiger partial charge in [-0.15, -0.1) is 0 Å². The third-order valence-corrected chi connectivity index (χ3v) is 7.80. The van der Waals surface area contributed by atoms with Crippen LogP contribution in [0.5, 0.6) is 0 Å². The number of hydrogen-bond donors (Lipinski definition) is 2. The number of piperidine rings is 1. The van der Waals surface area contributed by atoms with Gasteiger partial charge in [-0.25, -0.2) is 13.2 Å². The van der Waals surface area contributed by atoms with E-state index in [0.717, 1.165) is 17.7 Å². The molecule has 2 aromatic carbocycles. The largest absolute Gasteiger partial charge is 0.349 e. The van der Waals surface area contributed by atoms with Crippen molar-refractivity contribution in [2.75, 3.05) is 0 Å². The van der Waals surface area contributed by atoms with E-state index in [-0.39, 0.29) is 42.0 Å². The molecule has 2 aliphatic carbocycles. The summed E-state index contributed by atoms with van der Waals surface area (Å²) in [5, 5.41) is 5.04. The van der Waals surface area contributed by atoms with Gasteiger partial charge in [-0.2, -0.15) is 0 Å². The van der Waals surface area contributed by atoms with Gasteiger partial charge >= 0.3 is 0 Å². The Morgan fingerprint density at radius 1 is 1.03 bits per heavy atom. The average Bonchev–Trinajstić information content (AvgIpc) is 3.09. The van der Waals surface area contributed by atoms with Crippen LogP contribution < -0.4 is 10.6 Å². The van der Waals surface area contributed by atoms with Gasteiger partial charge in [-0.05, 0) is 66.5 Å². The number of nitrogens with zero attached hydrogens (tertiary/aromatic N) is 1. The third-order valence-electron chi connectivity index (χ3n) is 7.80. The molecule has 2 aliphatic heterocycles. The van der Waals surface area contributed by atoms with Crippen LogP contribution in [-0.4, -0.2) is 40.6 Å². The molecule has 10 heteroatoms. The maximum absolute atomic E-state index is 14.8. The zero-order valence-corrected chi connectivity index (χ0v) is 19.6. The third kappa shape index (κ3) is 3.91. The highest BCUT2D eigenvalue weighted by molar-refractivity contribution is 6.06. The van der Waals surface area contributed by atoms with E-state index in [1.807, 2.05) is 6.08 Å². The molecule has 4 amide bonds. The number of carbonyl (C=O) groups excluding carboxylic acids is 4. The maximum Gasteiger partial charge on any atom is 0.255 e. The van der Waals surface area contributed by atoms with Gasteiger partial charge in [0.05, 0.1) is 5.56 Å². The summed E-state index contributed by atoms with van der Waals surface area (Å²) in [7, 11) is 0. The Balaban J connectivity index is 1.10. The van der Waals surface area contributed by atoms with E-state index in [1.165, 1.54) is 23.1 Å². The molecule has 0 radical (unpaired) electrons. The standard InChI is InChI=1S/C27H22F3N3O4/c28-15-1-2-17(20(29)6-15)14-8-27(9-14)10-16(11-27)31-24(35)19-5-13-12-33(26(37)18(13)7-21(19)30)22-3-4-23(34)32-25(22)36/h1-2,5-8,16,22H,3-4,9-12H2,(H,31,35)(H,32,34,36). The number of imide groups is 1. The first-order valence-corrected chi connectivity index (χ1v) is 12.1. The van der Waals surface area contributed by atoms with Crippen molar-refractivity contribution in [3.05, 3.63) is 76.1 Å². The molecule has 0 aromatic heterocycles. The van der Waals surface area contributed by atoms with Gasteiger partial charge in [-0.3, -0.25) is 24.5 Å². The van der Waals surface area contributed by atoms with E-state index in [2.05, 4.69) is 10.6 Å². The molecule has 2 fully saturated rings. The lowest BCUT2D eigenvalue weighted by Crippen LogP contribution is -2.52. The van der Waals surface area contributed by atoms with E-state index < -0.39 is 47.1 Å². The lowest BCUT2D eigenvalue weighted by molar-refractivity contribution is -0.136. The van der Waals surface area contributed by atoms with Crippen LogP contribution in [0.25, 0.3) is 5.57 Å². The van der Waals surface area contributed by atoms with Crippen molar-refractivity contribution in [3.8, 4) is 0 Å². The van der Waals surface area contributed by atoms with Gasteiger partial charge in [0, 0.05) is 36.2 Å². The minimum atomic E-state index is -0.832. The van der Waals surface area contributed by atoms with Gasteiger partial charge in [0.2, 0.25) is 11.8 Å². The van der Waals surface area contributed by atoms with Gasteiger partial charge in [-0.1, -0.05) is 6.08 Å². The second-order valence-corrected chi connectivity index (χ2v) is 10.3. The normalized spacial score (nSPS) is 26.3. The number of carbonyl (C=O) groups is 4. The lowest BCUT2D eigenvalue weighted by Gasteiger charge is -2.52. The molecule has 1 unspecified atom stereocenters. The van der Waals surface area contributed by atoms with Crippen LogP contribution in [0, 0.1) is 22.9 Å². The number of nitrogens with one attached hydrogen (secondary N) is 2. The smallest absolute Gasteiger partial charge is 0.255 e. The Labute approximate surface area is 209 Å². The van der Waals surface area contributed by atoms with Gasteiger partial charge in [0.1, 0.15) is 23.5 Å². The summed E-state index contributed by atoms with van der Waals surface area (Å²) in [6.45, 7) is 0.0427. The molecule has 1 atom stereocenters. The molecule has 1 saturated carbocycles. The fourth-order valence-electron chi connectivity index (χ4n) is 5.96. The Bertz CT molecular complexity index is 1430. The van der Waals surface area contributed by atoms with E-state index in [4.69, 9.17) is 0 Å². The molecule has 2 N–H and O–H groups in total. The number of rotatable bonds is 4. The predicted molar refractivity (Wildman–Crippen MR) is 124 cm³/mol. The summed E-state index contributed by atoms with van der Waals surface area (Å²) < 4.78 is 42.0. The van der Waals surface area contributed by atoms with Crippen molar-refractivity contribution in [3.63, 3.8) is 0 Å². The van der Waals surface area contributed by atoms with Crippen LogP contribution in [0.4, 0.5) is 13.2 Å². The van der Waals surface area contributed by atoms with Crippen molar-refractivity contribution in [1.29, 1.82) is 0 Å². The summed E-state index contributed by atoms with van der Waals surface area (Å²) in [6.07, 6.45) is 4.12. The van der Waals surface area contributed by atoms with Crippen molar-refractivity contribution >= 4 is 29.2 Å². The highest BCUT2D eigenvalue weighted by Gasteiger charge is 2.49. The first kappa shape index (κ1) is 23.4. The van der Waals surface area contributed by atoms with Crippen LogP contribution in [0.2, 0.25) is 0 Å². The van der Waals surface area contributed by atoms with Gasteiger partial charge < -0.3 is 10.2 Å². The zero-order chi connectivity index (χ0) is 26.1. The van der Waals surface area contributed by atoms with Crippen molar-refractivity contribution in [2.45, 2.75) is 50.7 Å². The van der Waals surface area contributed by atoms with Crippen LogP contribution in [0.15, 0.2) is 36.4 Å². The first-order valence-electron chi connectivity index (χ1n) is 12.1. The molecule has 2 heterocycles. The number of hydrogen-bond acceptors (Lipinski definition) is 4. The van der Waals surface area contributed by atoms with E-state index in [9.17, 15) is 32.3 Å². The topological polar surface area (TPSA) is 95.6 Å².